The summed E-state index contributed by atoms with van der Waals surface area (Å²) in [5, 5.41) is 15.6. The van der Waals surface area contributed by atoms with E-state index in [9.17, 15) is 14.7 Å². The molecule has 0 aliphatic carbocycles. The lowest BCUT2D eigenvalue weighted by atomic mass is 10.0. The van der Waals surface area contributed by atoms with Gasteiger partial charge in [0.1, 0.15) is 11.6 Å². The Morgan fingerprint density at radius 2 is 1.52 bits per heavy atom. The van der Waals surface area contributed by atoms with Gasteiger partial charge >= 0.3 is 0 Å². The van der Waals surface area contributed by atoms with Crippen molar-refractivity contribution in [2.45, 2.75) is 39.0 Å². The summed E-state index contributed by atoms with van der Waals surface area (Å²) in [6.45, 7) is 7.48. The summed E-state index contributed by atoms with van der Waals surface area (Å²) in [5.41, 5.74) is 10.1. The minimum atomic E-state index is -0.468. The van der Waals surface area contributed by atoms with Crippen LogP contribution in [0.2, 0.25) is 0 Å². The van der Waals surface area contributed by atoms with Crippen LogP contribution in [-0.2, 0) is 30.9 Å². The minimum absolute atomic E-state index is 0.108. The van der Waals surface area contributed by atoms with Gasteiger partial charge in [0.25, 0.3) is 11.8 Å². The van der Waals surface area contributed by atoms with E-state index in [-0.39, 0.29) is 12.5 Å². The maximum Gasteiger partial charge on any atom is 0.271 e. The third-order valence-corrected chi connectivity index (χ3v) is 8.78. The maximum absolute atomic E-state index is 13.0. The first-order valence-electron chi connectivity index (χ1n) is 16.0. The van der Waals surface area contributed by atoms with E-state index >= 15 is 0 Å². The van der Waals surface area contributed by atoms with Crippen molar-refractivity contribution in [2.75, 3.05) is 46.0 Å². The number of aliphatic hydroxyl groups is 1. The number of aliphatic hydroxyl groups excluding tert-OH is 1. The molecule has 242 valence electrons. The number of carbonyl (C=O) groups is 2. The van der Waals surface area contributed by atoms with Gasteiger partial charge in [-0.15, -0.1) is 0 Å². The fraction of sp³-hybridized carbons (Fsp3) is 0.412. The number of primary amides is 1. The van der Waals surface area contributed by atoms with Crippen LogP contribution in [-0.4, -0.2) is 86.9 Å². The Labute approximate surface area is 268 Å². The number of amides is 2. The van der Waals surface area contributed by atoms with Gasteiger partial charge in [-0.1, -0.05) is 60.7 Å². The number of hydrogen-bond acceptors (Lipinski definition) is 8. The van der Waals surface area contributed by atoms with E-state index in [1.165, 1.54) is 0 Å². The molecular formula is C34H42N8O4. The predicted octanol–water partition coefficient (Wildman–Crippen LogP) is 2.27. The van der Waals surface area contributed by atoms with Gasteiger partial charge in [-0.2, -0.15) is 0 Å². The molecule has 3 aliphatic heterocycles. The average Bonchev–Trinajstić information content (AvgIpc) is 3.68. The minimum Gasteiger partial charge on any atom is -0.395 e. The van der Waals surface area contributed by atoms with Gasteiger partial charge in [0.05, 0.1) is 18.0 Å². The van der Waals surface area contributed by atoms with Crippen molar-refractivity contribution < 1.29 is 19.4 Å². The Balaban J connectivity index is 0.000000178. The van der Waals surface area contributed by atoms with Crippen LogP contribution in [0.5, 0.6) is 0 Å². The fourth-order valence-corrected chi connectivity index (χ4v) is 6.32. The molecule has 0 unspecified atom stereocenters. The highest BCUT2D eigenvalue weighted by atomic mass is 16.5. The van der Waals surface area contributed by atoms with Crippen LogP contribution < -0.4 is 16.4 Å². The molecule has 12 nitrogen and oxygen atoms in total. The molecule has 0 bridgehead atoms. The Hall–Kier alpha value is -4.36. The first kappa shape index (κ1) is 31.6. The topological polar surface area (TPSA) is 153 Å². The van der Waals surface area contributed by atoms with Crippen LogP contribution in [0.1, 0.15) is 45.2 Å². The maximum atomic E-state index is 13.0. The summed E-state index contributed by atoms with van der Waals surface area (Å²) in [6.07, 6.45) is 1.97. The highest BCUT2D eigenvalue weighted by Crippen LogP contribution is 2.27. The number of carbonyl (C=O) groups excluding carboxylic acids is 2. The van der Waals surface area contributed by atoms with E-state index in [1.807, 2.05) is 60.7 Å². The molecule has 2 amide bonds. The van der Waals surface area contributed by atoms with Crippen LogP contribution >= 0.6 is 0 Å². The molecule has 1 saturated heterocycles. The highest BCUT2D eigenvalue weighted by Gasteiger charge is 2.28. The average molecular weight is 627 g/mol. The number of aromatic nitrogens is 4. The van der Waals surface area contributed by atoms with Gasteiger partial charge in [0, 0.05) is 76.7 Å². The quantitative estimate of drug-likeness (QED) is 0.233. The van der Waals surface area contributed by atoms with Crippen molar-refractivity contribution in [1.82, 2.24) is 34.6 Å². The number of imidazole rings is 2. The normalized spacial score (nSPS) is 16.5. The molecule has 4 aromatic rings. The molecule has 46 heavy (non-hydrogen) atoms. The van der Waals surface area contributed by atoms with Crippen molar-refractivity contribution in [3.05, 3.63) is 83.4 Å². The molecule has 0 spiro atoms. The summed E-state index contributed by atoms with van der Waals surface area (Å²) in [6, 6.07) is 19.9. The van der Waals surface area contributed by atoms with Crippen molar-refractivity contribution >= 4 is 11.8 Å². The number of ether oxygens (including phenoxy) is 1. The Morgan fingerprint density at radius 1 is 0.891 bits per heavy atom. The van der Waals surface area contributed by atoms with E-state index in [2.05, 4.69) is 29.7 Å². The molecule has 0 atom stereocenters. The number of nitrogens with zero attached hydrogens (tertiary/aromatic N) is 5. The van der Waals surface area contributed by atoms with Crippen LogP contribution in [0.4, 0.5) is 0 Å². The Bertz CT molecular complexity index is 1630. The Morgan fingerprint density at radius 3 is 2.15 bits per heavy atom. The van der Waals surface area contributed by atoms with Crippen molar-refractivity contribution in [3.63, 3.8) is 0 Å². The van der Waals surface area contributed by atoms with Crippen molar-refractivity contribution in [2.24, 2.45) is 11.7 Å². The molecule has 12 heteroatoms. The fourth-order valence-electron chi connectivity index (χ4n) is 6.32. The van der Waals surface area contributed by atoms with Gasteiger partial charge in [0.15, 0.2) is 11.4 Å². The summed E-state index contributed by atoms with van der Waals surface area (Å²) < 4.78 is 9.63. The van der Waals surface area contributed by atoms with Crippen LogP contribution in [0.25, 0.3) is 22.8 Å². The SMILES string of the molecule is NC(=O)c1nc(-c2ccccc2)n2c1CNCC2.O=C(NCC1CCOCC1)c1nc(-c2ccccc2)n2c1CN(CCO)CC2. The molecule has 1 fully saturated rings. The highest BCUT2D eigenvalue weighted by molar-refractivity contribution is 5.94. The van der Waals surface area contributed by atoms with Gasteiger partial charge < -0.3 is 35.3 Å². The lowest BCUT2D eigenvalue weighted by Gasteiger charge is -2.28. The largest absolute Gasteiger partial charge is 0.395 e. The third kappa shape index (κ3) is 7.05. The predicted molar refractivity (Wildman–Crippen MR) is 174 cm³/mol. The van der Waals surface area contributed by atoms with E-state index in [4.69, 9.17) is 15.5 Å². The second kappa shape index (κ2) is 14.8. The van der Waals surface area contributed by atoms with Gasteiger partial charge in [0.2, 0.25) is 0 Å². The van der Waals surface area contributed by atoms with E-state index in [0.717, 1.165) is 86.4 Å². The monoisotopic (exact) mass is 626 g/mol. The summed E-state index contributed by atoms with van der Waals surface area (Å²) in [4.78, 5) is 35.8. The molecule has 5 N–H and O–H groups in total. The molecule has 0 saturated carbocycles. The zero-order chi connectivity index (χ0) is 31.9. The zero-order valence-electron chi connectivity index (χ0n) is 26.0. The van der Waals surface area contributed by atoms with Crippen molar-refractivity contribution in [3.8, 4) is 22.8 Å². The number of benzene rings is 2. The molecule has 7 rings (SSSR count). The van der Waals surface area contributed by atoms with E-state index in [0.29, 0.717) is 43.5 Å². The Kier molecular flexibility index (Phi) is 10.2. The van der Waals surface area contributed by atoms with Crippen LogP contribution in [0, 0.1) is 5.92 Å². The second-order valence-electron chi connectivity index (χ2n) is 11.8. The standard InChI is InChI=1S/C21H28N4O3.C13H14N4O/c26-11-10-24-8-9-25-18(15-24)19(23-20(25)17-4-2-1-3-5-17)21(27)22-14-16-6-12-28-13-7-16;14-12(18)11-10-8-15-6-7-17(10)13(16-11)9-4-2-1-3-5-9/h1-5,16,26H,6-15H2,(H,22,27);1-5,15H,6-8H2,(H2,14,18). The number of nitrogens with two attached hydrogens (primary N) is 1. The molecule has 3 aliphatic rings. The lowest BCUT2D eigenvalue weighted by molar-refractivity contribution is 0.0641. The summed E-state index contributed by atoms with van der Waals surface area (Å²) >= 11 is 0. The van der Waals surface area contributed by atoms with Crippen LogP contribution in [0.15, 0.2) is 60.7 Å². The van der Waals surface area contributed by atoms with E-state index in [1.54, 1.807) is 0 Å². The number of hydrogen-bond donors (Lipinski definition) is 4. The smallest absolute Gasteiger partial charge is 0.271 e. The number of β-amino-alcohol motifs (C(OH)–C–C–N with tert-alkyl or cyclic N) is 1. The van der Waals surface area contributed by atoms with Gasteiger partial charge in [-0.05, 0) is 18.8 Å². The summed E-state index contributed by atoms with van der Waals surface area (Å²) in [5.74, 6) is 1.56. The van der Waals surface area contributed by atoms with Gasteiger partial charge in [-0.25, -0.2) is 9.97 Å². The number of nitrogens with one attached hydrogen (secondary N) is 2. The van der Waals surface area contributed by atoms with E-state index < -0.39 is 5.91 Å². The molecular weight excluding hydrogens is 584 g/mol. The molecule has 2 aromatic carbocycles. The first-order chi connectivity index (χ1) is 22.5. The zero-order valence-corrected chi connectivity index (χ0v) is 26.0. The molecule has 2 aromatic heterocycles. The third-order valence-electron chi connectivity index (χ3n) is 8.78. The molecule has 0 radical (unpaired) electrons. The van der Waals surface area contributed by atoms with Crippen LogP contribution in [0.3, 0.4) is 0 Å². The first-order valence-corrected chi connectivity index (χ1v) is 16.0. The molecule has 5 heterocycles. The lowest BCUT2D eigenvalue weighted by Crippen LogP contribution is -2.37. The second-order valence-corrected chi connectivity index (χ2v) is 11.8. The van der Waals surface area contributed by atoms with Crippen molar-refractivity contribution in [1.29, 1.82) is 0 Å². The number of fused-ring (bicyclic) bond motifs is 2. The number of rotatable bonds is 8. The summed E-state index contributed by atoms with van der Waals surface area (Å²) in [7, 11) is 0. The van der Waals surface area contributed by atoms with Gasteiger partial charge in [-0.3, -0.25) is 14.5 Å².